The van der Waals surface area contributed by atoms with Crippen molar-refractivity contribution in [2.24, 2.45) is 0 Å². The number of hydrogen-bond donors (Lipinski definition) is 2. The largest absolute Gasteiger partial charge is 0.423 e. The lowest BCUT2D eigenvalue weighted by molar-refractivity contribution is -0.130. The van der Waals surface area contributed by atoms with Crippen LogP contribution < -0.4 is 4.74 Å². The zero-order valence-corrected chi connectivity index (χ0v) is 14.4. The molecule has 2 aromatic rings. The van der Waals surface area contributed by atoms with E-state index in [1.54, 1.807) is 37.3 Å². The molecule has 0 heterocycles. The van der Waals surface area contributed by atoms with E-state index in [2.05, 4.69) is 6.58 Å². The van der Waals surface area contributed by atoms with E-state index in [0.717, 1.165) is 5.56 Å². The Morgan fingerprint density at radius 3 is 2.20 bits per heavy atom. The molecule has 2 N–H and O–H groups in total. The third kappa shape index (κ3) is 4.53. The van der Waals surface area contributed by atoms with Gasteiger partial charge in [0.1, 0.15) is 17.7 Å². The van der Waals surface area contributed by atoms with E-state index in [4.69, 9.17) is 4.74 Å². The molecule has 0 aliphatic rings. The maximum Gasteiger partial charge on any atom is 0.338 e. The molecule has 25 heavy (non-hydrogen) atoms. The molecule has 0 aliphatic heterocycles. The molecule has 0 radical (unpaired) electrons. The van der Waals surface area contributed by atoms with Gasteiger partial charge in [0.05, 0.1) is 5.60 Å². The molecule has 1 unspecified atom stereocenters. The van der Waals surface area contributed by atoms with Gasteiger partial charge in [0.15, 0.2) is 0 Å². The van der Waals surface area contributed by atoms with Gasteiger partial charge in [-0.15, -0.1) is 0 Å². The molecule has 0 saturated heterocycles. The Balaban J connectivity index is 2.24. The van der Waals surface area contributed by atoms with Gasteiger partial charge in [0.2, 0.25) is 0 Å². The summed E-state index contributed by atoms with van der Waals surface area (Å²) >= 11 is 0. The zero-order valence-electron chi connectivity index (χ0n) is 14.4. The van der Waals surface area contributed by atoms with E-state index >= 15 is 0 Å². The zero-order chi connectivity index (χ0) is 18.8. The van der Waals surface area contributed by atoms with E-state index < -0.39 is 23.5 Å². The highest BCUT2D eigenvalue weighted by atomic mass is 19.1. The summed E-state index contributed by atoms with van der Waals surface area (Å²) in [6.07, 6.45) is -1.33. The summed E-state index contributed by atoms with van der Waals surface area (Å²) < 4.78 is 19.4. The third-order valence-corrected chi connectivity index (χ3v) is 3.71. The number of carbonyl (C=O) groups excluding carboxylic acids is 1. The fourth-order valence-corrected chi connectivity index (χ4v) is 2.22. The molecule has 0 saturated carbocycles. The van der Waals surface area contributed by atoms with Crippen LogP contribution in [0.3, 0.4) is 0 Å². The fraction of sp³-hybridized carbons (Fsp3) is 0.250. The average Bonchev–Trinajstić information content (AvgIpc) is 2.54. The molecule has 0 aliphatic carbocycles. The molecule has 1 atom stereocenters. The van der Waals surface area contributed by atoms with Gasteiger partial charge in [-0.2, -0.15) is 0 Å². The summed E-state index contributed by atoms with van der Waals surface area (Å²) in [5.74, 6) is -0.750. The minimum absolute atomic E-state index is 0.0308. The maximum atomic E-state index is 14.3. The second kappa shape index (κ2) is 7.17. The predicted molar refractivity (Wildman–Crippen MR) is 93.5 cm³/mol. The Morgan fingerprint density at radius 2 is 1.72 bits per heavy atom. The standard InChI is InChI=1S/C20H21FO4/c1-12(2)19(23)25-15-8-5-13(6-9-15)14-7-10-16(17(21)11-14)18(22)20(3,4)24/h5-11,18,22,24H,1H2,2-4H3. The molecule has 2 rings (SSSR count). The predicted octanol–water partition coefficient (Wildman–Crippen LogP) is 3.78. The highest BCUT2D eigenvalue weighted by Gasteiger charge is 2.28. The summed E-state index contributed by atoms with van der Waals surface area (Å²) in [4.78, 5) is 11.5. The Labute approximate surface area is 146 Å². The summed E-state index contributed by atoms with van der Waals surface area (Å²) in [7, 11) is 0. The van der Waals surface area contributed by atoms with Gasteiger partial charge in [-0.25, -0.2) is 9.18 Å². The number of esters is 1. The third-order valence-electron chi connectivity index (χ3n) is 3.71. The molecular weight excluding hydrogens is 323 g/mol. The number of aliphatic hydroxyl groups is 2. The quantitative estimate of drug-likeness (QED) is 0.492. The van der Waals surface area contributed by atoms with Crippen LogP contribution in [0.5, 0.6) is 5.75 Å². The van der Waals surface area contributed by atoms with Crippen LogP contribution in [0, 0.1) is 5.82 Å². The Bertz CT molecular complexity index is 788. The molecule has 0 amide bonds. The first kappa shape index (κ1) is 18.8. The van der Waals surface area contributed by atoms with E-state index in [9.17, 15) is 19.4 Å². The molecule has 5 heteroatoms. The first-order valence-electron chi connectivity index (χ1n) is 7.77. The van der Waals surface area contributed by atoms with Crippen LogP contribution in [0.1, 0.15) is 32.4 Å². The van der Waals surface area contributed by atoms with Gasteiger partial charge in [0.25, 0.3) is 0 Å². The van der Waals surface area contributed by atoms with Crippen LogP contribution in [0.25, 0.3) is 11.1 Å². The number of benzene rings is 2. The smallest absolute Gasteiger partial charge is 0.338 e. The van der Waals surface area contributed by atoms with E-state index in [0.29, 0.717) is 16.9 Å². The normalized spacial score (nSPS) is 12.6. The molecule has 0 spiro atoms. The number of ether oxygens (including phenoxy) is 1. The van der Waals surface area contributed by atoms with Gasteiger partial charge in [-0.1, -0.05) is 30.8 Å². The molecule has 2 aromatic carbocycles. The maximum absolute atomic E-state index is 14.3. The molecule has 0 bridgehead atoms. The van der Waals surface area contributed by atoms with Crippen molar-refractivity contribution in [2.45, 2.75) is 32.5 Å². The topological polar surface area (TPSA) is 66.8 Å². The second-order valence-electron chi connectivity index (χ2n) is 6.49. The second-order valence-corrected chi connectivity index (χ2v) is 6.49. The van der Waals surface area contributed by atoms with Gasteiger partial charge in [-0.05, 0) is 50.1 Å². The van der Waals surface area contributed by atoms with Crippen LogP contribution in [0.2, 0.25) is 0 Å². The van der Waals surface area contributed by atoms with Crippen molar-refractivity contribution in [3.8, 4) is 16.9 Å². The Kier molecular flexibility index (Phi) is 5.40. The average molecular weight is 344 g/mol. The monoisotopic (exact) mass is 344 g/mol. The number of aliphatic hydroxyl groups excluding tert-OH is 1. The lowest BCUT2D eigenvalue weighted by Crippen LogP contribution is -2.29. The summed E-state index contributed by atoms with van der Waals surface area (Å²) in [5.41, 5.74) is 0.201. The molecule has 4 nitrogen and oxygen atoms in total. The number of carbonyl (C=O) groups is 1. The summed E-state index contributed by atoms with van der Waals surface area (Å²) in [6, 6.07) is 11.0. The van der Waals surface area contributed by atoms with Gasteiger partial charge in [-0.3, -0.25) is 0 Å². The van der Waals surface area contributed by atoms with Crippen LogP contribution in [0.15, 0.2) is 54.6 Å². The summed E-state index contributed by atoms with van der Waals surface area (Å²) in [5, 5.41) is 19.8. The fourth-order valence-electron chi connectivity index (χ4n) is 2.22. The van der Waals surface area contributed by atoms with Crippen LogP contribution in [-0.2, 0) is 4.79 Å². The minimum atomic E-state index is -1.45. The van der Waals surface area contributed by atoms with Crippen LogP contribution >= 0.6 is 0 Å². The van der Waals surface area contributed by atoms with Crippen LogP contribution in [0.4, 0.5) is 4.39 Å². The van der Waals surface area contributed by atoms with Gasteiger partial charge < -0.3 is 14.9 Å². The lowest BCUT2D eigenvalue weighted by Gasteiger charge is -2.25. The van der Waals surface area contributed by atoms with E-state index in [1.165, 1.54) is 26.0 Å². The number of halogens is 1. The highest BCUT2D eigenvalue weighted by Crippen LogP contribution is 2.30. The first-order valence-corrected chi connectivity index (χ1v) is 7.77. The highest BCUT2D eigenvalue weighted by molar-refractivity contribution is 5.88. The molecule has 0 aromatic heterocycles. The van der Waals surface area contributed by atoms with Crippen molar-refractivity contribution in [3.63, 3.8) is 0 Å². The van der Waals surface area contributed by atoms with Gasteiger partial charge in [0, 0.05) is 11.1 Å². The number of rotatable bonds is 5. The van der Waals surface area contributed by atoms with E-state index in [-0.39, 0.29) is 5.56 Å². The van der Waals surface area contributed by atoms with Gasteiger partial charge >= 0.3 is 5.97 Å². The van der Waals surface area contributed by atoms with Crippen molar-refractivity contribution in [1.82, 2.24) is 0 Å². The summed E-state index contributed by atoms with van der Waals surface area (Å²) in [6.45, 7) is 7.90. The molecular formula is C20H21FO4. The minimum Gasteiger partial charge on any atom is -0.423 e. The lowest BCUT2D eigenvalue weighted by atomic mass is 9.93. The van der Waals surface area contributed by atoms with Crippen LogP contribution in [-0.4, -0.2) is 21.8 Å². The SMILES string of the molecule is C=C(C)C(=O)Oc1ccc(-c2ccc(C(O)C(C)(C)O)c(F)c2)cc1. The van der Waals surface area contributed by atoms with Crippen molar-refractivity contribution in [2.75, 3.05) is 0 Å². The molecule has 132 valence electrons. The Hall–Kier alpha value is -2.50. The van der Waals surface area contributed by atoms with E-state index in [1.807, 2.05) is 0 Å². The Morgan fingerprint density at radius 1 is 1.16 bits per heavy atom. The number of hydrogen-bond acceptors (Lipinski definition) is 4. The van der Waals surface area contributed by atoms with Crippen molar-refractivity contribution < 1.29 is 24.1 Å². The van der Waals surface area contributed by atoms with Crippen molar-refractivity contribution in [3.05, 3.63) is 66.0 Å². The first-order chi connectivity index (χ1) is 11.6. The van der Waals surface area contributed by atoms with Crippen molar-refractivity contribution in [1.29, 1.82) is 0 Å². The molecule has 0 fully saturated rings. The van der Waals surface area contributed by atoms with Crippen molar-refractivity contribution >= 4 is 5.97 Å².